The van der Waals surface area contributed by atoms with Crippen molar-refractivity contribution in [3.05, 3.63) is 58.2 Å². The highest BCUT2D eigenvalue weighted by Gasteiger charge is 2.37. The Morgan fingerprint density at radius 2 is 1.75 bits per heavy atom. The number of fused-ring (bicyclic) bond motifs is 1. The van der Waals surface area contributed by atoms with Gasteiger partial charge in [0.15, 0.2) is 5.82 Å². The number of anilines is 2. The minimum absolute atomic E-state index is 0.0328. The molecule has 1 atom stereocenters. The summed E-state index contributed by atoms with van der Waals surface area (Å²) in [6, 6.07) is 8.63. The topological polar surface area (TPSA) is 74.6 Å². The van der Waals surface area contributed by atoms with E-state index in [4.69, 9.17) is 0 Å². The molecule has 0 aromatic heterocycles. The summed E-state index contributed by atoms with van der Waals surface area (Å²) in [6.07, 6.45) is -4.83. The molecule has 28 heavy (non-hydrogen) atoms. The van der Waals surface area contributed by atoms with Crippen molar-refractivity contribution in [1.82, 2.24) is 0 Å². The molecule has 140 valence electrons. The van der Waals surface area contributed by atoms with Crippen LogP contribution in [0.1, 0.15) is 34.6 Å². The summed E-state index contributed by atoms with van der Waals surface area (Å²) >= 11 is 0. The summed E-state index contributed by atoms with van der Waals surface area (Å²) in [6.45, 7) is 0.0328. The molecule has 0 fully saturated rings. The maximum absolute atomic E-state index is 14.4. The van der Waals surface area contributed by atoms with Gasteiger partial charge in [0, 0.05) is 6.54 Å². The van der Waals surface area contributed by atoms with Crippen LogP contribution in [0, 0.1) is 45.6 Å². The highest BCUT2D eigenvalue weighted by atomic mass is 19.4. The van der Waals surface area contributed by atoms with Gasteiger partial charge < -0.3 is 4.90 Å². The van der Waals surface area contributed by atoms with Gasteiger partial charge in [-0.1, -0.05) is 0 Å². The van der Waals surface area contributed by atoms with Crippen LogP contribution in [0.5, 0.6) is 0 Å². The summed E-state index contributed by atoms with van der Waals surface area (Å²) in [5.74, 6) is -3.23. The van der Waals surface area contributed by atoms with Crippen LogP contribution in [-0.2, 0) is 6.18 Å². The Kier molecular flexibility index (Phi) is 4.66. The van der Waals surface area contributed by atoms with Crippen molar-refractivity contribution in [2.24, 2.45) is 0 Å². The minimum Gasteiger partial charge on any atom is -0.339 e. The molecule has 1 aliphatic heterocycles. The molecule has 4 nitrogen and oxygen atoms in total. The van der Waals surface area contributed by atoms with E-state index < -0.39 is 34.9 Å². The van der Waals surface area contributed by atoms with Gasteiger partial charge in [-0.05, 0) is 36.2 Å². The number of benzene rings is 2. The fourth-order valence-electron chi connectivity index (χ4n) is 3.29. The molecule has 0 radical (unpaired) electrons. The lowest BCUT2D eigenvalue weighted by atomic mass is 9.88. The molecular weight excluding hydrogens is 379 g/mol. The van der Waals surface area contributed by atoms with Crippen LogP contribution in [0.15, 0.2) is 24.3 Å². The SMILES string of the molecule is N#Cc1cc(F)cc2c1N(c1ccc(C(F)(F)F)c(F)c1C#N)CCC2C#N. The van der Waals surface area contributed by atoms with Crippen molar-refractivity contribution in [1.29, 1.82) is 15.8 Å². The van der Waals surface area contributed by atoms with Gasteiger partial charge in [0.25, 0.3) is 0 Å². The van der Waals surface area contributed by atoms with Crippen LogP contribution < -0.4 is 4.90 Å². The molecule has 1 heterocycles. The molecule has 0 aliphatic carbocycles. The predicted molar refractivity (Wildman–Crippen MR) is 87.2 cm³/mol. The lowest BCUT2D eigenvalue weighted by Gasteiger charge is -2.35. The molecule has 0 saturated heterocycles. The van der Waals surface area contributed by atoms with Gasteiger partial charge in [0.05, 0.1) is 34.5 Å². The van der Waals surface area contributed by atoms with Gasteiger partial charge in [0.1, 0.15) is 23.5 Å². The Hall–Kier alpha value is -3.64. The zero-order valence-corrected chi connectivity index (χ0v) is 14.0. The molecule has 1 unspecified atom stereocenters. The van der Waals surface area contributed by atoms with Crippen LogP contribution in [0.3, 0.4) is 0 Å². The van der Waals surface area contributed by atoms with Crippen molar-refractivity contribution in [2.45, 2.75) is 18.5 Å². The van der Waals surface area contributed by atoms with Crippen molar-refractivity contribution in [3.8, 4) is 18.2 Å². The predicted octanol–water partition coefficient (Wildman–Crippen LogP) is 4.88. The minimum atomic E-state index is -4.99. The quantitative estimate of drug-likeness (QED) is 0.653. The molecule has 2 aromatic rings. The van der Waals surface area contributed by atoms with Crippen molar-refractivity contribution < 1.29 is 22.0 Å². The van der Waals surface area contributed by atoms with E-state index in [-0.39, 0.29) is 35.5 Å². The Labute approximate surface area is 156 Å². The normalized spacial score (nSPS) is 15.9. The summed E-state index contributed by atoms with van der Waals surface area (Å²) in [5.41, 5.74) is -2.54. The summed E-state index contributed by atoms with van der Waals surface area (Å²) in [4.78, 5) is 1.28. The first kappa shape index (κ1) is 19.1. The third-order valence-electron chi connectivity index (χ3n) is 4.50. The monoisotopic (exact) mass is 388 g/mol. The van der Waals surface area contributed by atoms with Crippen LogP contribution >= 0.6 is 0 Å². The molecular formula is C19H9F5N4. The standard InChI is InChI=1S/C19H9F5N4/c20-12-5-11(8-26)18-13(6-12)10(7-25)3-4-28(18)16-2-1-15(19(22,23)24)17(21)14(16)9-27/h1-2,5-6,10H,3-4H2. The Bertz CT molecular complexity index is 1090. The Morgan fingerprint density at radius 1 is 1.04 bits per heavy atom. The van der Waals surface area contributed by atoms with E-state index in [0.717, 1.165) is 18.2 Å². The zero-order chi connectivity index (χ0) is 20.6. The fourth-order valence-corrected chi connectivity index (χ4v) is 3.29. The first-order valence-electron chi connectivity index (χ1n) is 7.93. The molecule has 0 amide bonds. The number of hydrogen-bond acceptors (Lipinski definition) is 4. The number of alkyl halides is 3. The maximum Gasteiger partial charge on any atom is 0.419 e. The van der Waals surface area contributed by atoms with Crippen molar-refractivity contribution in [3.63, 3.8) is 0 Å². The third-order valence-corrected chi connectivity index (χ3v) is 4.50. The Balaban J connectivity index is 2.28. The summed E-state index contributed by atoms with van der Waals surface area (Å²) < 4.78 is 67.1. The van der Waals surface area contributed by atoms with Gasteiger partial charge in [-0.15, -0.1) is 0 Å². The highest BCUT2D eigenvalue weighted by Crippen LogP contribution is 2.44. The molecule has 3 rings (SSSR count). The van der Waals surface area contributed by atoms with E-state index in [1.807, 2.05) is 6.07 Å². The molecule has 2 aromatic carbocycles. The van der Waals surface area contributed by atoms with E-state index in [1.165, 1.54) is 11.0 Å². The van der Waals surface area contributed by atoms with Gasteiger partial charge in [-0.3, -0.25) is 0 Å². The van der Waals surface area contributed by atoms with E-state index in [9.17, 15) is 37.7 Å². The van der Waals surface area contributed by atoms with Gasteiger partial charge >= 0.3 is 6.18 Å². The van der Waals surface area contributed by atoms with Crippen LogP contribution in [0.2, 0.25) is 0 Å². The second-order valence-electron chi connectivity index (χ2n) is 6.06. The third kappa shape index (κ3) is 3.00. The van der Waals surface area contributed by atoms with E-state index in [0.29, 0.717) is 6.07 Å². The summed E-state index contributed by atoms with van der Waals surface area (Å²) in [5, 5.41) is 27.9. The number of halogens is 5. The Morgan fingerprint density at radius 3 is 2.32 bits per heavy atom. The van der Waals surface area contributed by atoms with Gasteiger partial charge in [0.2, 0.25) is 0 Å². The van der Waals surface area contributed by atoms with Gasteiger partial charge in [-0.2, -0.15) is 29.0 Å². The van der Waals surface area contributed by atoms with E-state index >= 15 is 0 Å². The van der Waals surface area contributed by atoms with Crippen molar-refractivity contribution >= 4 is 11.4 Å². The molecule has 0 bridgehead atoms. The number of rotatable bonds is 1. The van der Waals surface area contributed by atoms with Crippen LogP contribution in [0.25, 0.3) is 0 Å². The van der Waals surface area contributed by atoms with E-state index in [1.54, 1.807) is 6.07 Å². The largest absolute Gasteiger partial charge is 0.419 e. The fraction of sp³-hybridized carbons (Fsp3) is 0.211. The smallest absolute Gasteiger partial charge is 0.339 e. The average molecular weight is 388 g/mol. The number of hydrogen-bond donors (Lipinski definition) is 0. The number of nitriles is 3. The molecule has 0 saturated carbocycles. The molecule has 0 spiro atoms. The second-order valence-corrected chi connectivity index (χ2v) is 6.06. The van der Waals surface area contributed by atoms with E-state index in [2.05, 4.69) is 0 Å². The molecule has 9 heteroatoms. The lowest BCUT2D eigenvalue weighted by Crippen LogP contribution is -2.29. The maximum atomic E-state index is 14.4. The second kappa shape index (κ2) is 6.83. The van der Waals surface area contributed by atoms with Crippen LogP contribution in [0.4, 0.5) is 33.3 Å². The number of nitrogens with zero attached hydrogens (tertiary/aromatic N) is 4. The highest BCUT2D eigenvalue weighted by molar-refractivity contribution is 5.78. The summed E-state index contributed by atoms with van der Waals surface area (Å²) in [7, 11) is 0. The van der Waals surface area contributed by atoms with Gasteiger partial charge in [-0.25, -0.2) is 8.78 Å². The van der Waals surface area contributed by atoms with Crippen molar-refractivity contribution in [2.75, 3.05) is 11.4 Å². The zero-order valence-electron chi connectivity index (χ0n) is 14.0. The average Bonchev–Trinajstić information content (AvgIpc) is 2.65. The van der Waals surface area contributed by atoms with Crippen LogP contribution in [-0.4, -0.2) is 6.54 Å². The molecule has 0 N–H and O–H groups in total. The first-order chi connectivity index (χ1) is 13.2. The first-order valence-corrected chi connectivity index (χ1v) is 7.93. The lowest BCUT2D eigenvalue weighted by molar-refractivity contribution is -0.140. The molecule has 1 aliphatic rings.